The number of nitrogens with two attached hydrogens (primary N) is 1. The Kier molecular flexibility index (Phi) is 3.29. The van der Waals surface area contributed by atoms with E-state index in [1.165, 1.54) is 22.3 Å². The first-order chi connectivity index (χ1) is 8.18. The molecule has 86 valence electrons. The maximum absolute atomic E-state index is 5.70. The number of hydrogen-bond donors (Lipinski definition) is 1. The van der Waals surface area contributed by atoms with Crippen molar-refractivity contribution in [3.63, 3.8) is 0 Å². The average Bonchev–Trinajstić information content (AvgIpc) is 2.39. The van der Waals surface area contributed by atoms with E-state index >= 15 is 0 Å². The second kappa shape index (κ2) is 4.88. The van der Waals surface area contributed by atoms with Gasteiger partial charge in [0.1, 0.15) is 0 Å². The van der Waals surface area contributed by atoms with Crippen molar-refractivity contribution in [3.8, 4) is 0 Å². The maximum Gasteiger partial charge on any atom is 0.0314 e. The van der Waals surface area contributed by atoms with Crippen molar-refractivity contribution in [3.05, 3.63) is 65.7 Å². The van der Waals surface area contributed by atoms with Crippen molar-refractivity contribution >= 4 is 16.8 Å². The third kappa shape index (κ3) is 2.56. The van der Waals surface area contributed by atoms with Gasteiger partial charge in [-0.05, 0) is 48.3 Å². The van der Waals surface area contributed by atoms with Gasteiger partial charge in [0.2, 0.25) is 0 Å². The van der Waals surface area contributed by atoms with Crippen LogP contribution in [0.2, 0.25) is 0 Å². The molecule has 2 aromatic rings. The fraction of sp³-hybridized carbons (Fsp3) is 0.125. The highest BCUT2D eigenvalue weighted by atomic mass is 14.5. The average molecular weight is 223 g/mol. The van der Waals surface area contributed by atoms with Crippen LogP contribution in [0.4, 0.5) is 5.69 Å². The van der Waals surface area contributed by atoms with Gasteiger partial charge in [-0.1, -0.05) is 42.5 Å². The number of anilines is 1. The van der Waals surface area contributed by atoms with Crippen molar-refractivity contribution in [2.24, 2.45) is 0 Å². The molecule has 0 amide bonds. The van der Waals surface area contributed by atoms with Gasteiger partial charge in [-0.2, -0.15) is 0 Å². The van der Waals surface area contributed by atoms with E-state index in [9.17, 15) is 0 Å². The minimum Gasteiger partial charge on any atom is -0.399 e. The molecule has 0 aliphatic heterocycles. The third-order valence-corrected chi connectivity index (χ3v) is 3.11. The summed E-state index contributed by atoms with van der Waals surface area (Å²) in [6.45, 7) is 4.30. The van der Waals surface area contributed by atoms with Crippen LogP contribution in [0.25, 0.3) is 11.1 Å². The van der Waals surface area contributed by atoms with Crippen molar-refractivity contribution in [2.45, 2.75) is 13.8 Å². The molecule has 17 heavy (non-hydrogen) atoms. The minimum atomic E-state index is 0.805. The molecule has 0 saturated carbocycles. The Labute approximate surface area is 103 Å². The van der Waals surface area contributed by atoms with Gasteiger partial charge in [0, 0.05) is 5.69 Å². The summed E-state index contributed by atoms with van der Waals surface area (Å²) in [5, 5.41) is 0. The van der Waals surface area contributed by atoms with Crippen LogP contribution in [-0.2, 0) is 0 Å². The molecule has 0 bridgehead atoms. The topological polar surface area (TPSA) is 26.0 Å². The zero-order chi connectivity index (χ0) is 12.3. The van der Waals surface area contributed by atoms with Gasteiger partial charge < -0.3 is 5.73 Å². The summed E-state index contributed by atoms with van der Waals surface area (Å²) < 4.78 is 0. The highest BCUT2D eigenvalue weighted by Gasteiger charge is 2.02. The van der Waals surface area contributed by atoms with Crippen molar-refractivity contribution in [1.82, 2.24) is 0 Å². The Morgan fingerprint density at radius 1 is 0.706 bits per heavy atom. The van der Waals surface area contributed by atoms with Crippen molar-refractivity contribution in [1.29, 1.82) is 0 Å². The Morgan fingerprint density at radius 3 is 1.71 bits per heavy atom. The van der Waals surface area contributed by atoms with Crippen LogP contribution >= 0.6 is 0 Å². The zero-order valence-electron chi connectivity index (χ0n) is 10.3. The number of nitrogen functional groups attached to an aromatic ring is 1. The molecular formula is C16H17N. The summed E-state index contributed by atoms with van der Waals surface area (Å²) in [6, 6.07) is 18.5. The fourth-order valence-corrected chi connectivity index (χ4v) is 1.85. The van der Waals surface area contributed by atoms with Gasteiger partial charge in [0.25, 0.3) is 0 Å². The monoisotopic (exact) mass is 223 g/mol. The molecule has 0 radical (unpaired) electrons. The molecule has 0 saturated heterocycles. The quantitative estimate of drug-likeness (QED) is 0.598. The number of benzene rings is 2. The second-order valence-corrected chi connectivity index (χ2v) is 4.24. The van der Waals surface area contributed by atoms with Gasteiger partial charge in [0.05, 0.1) is 0 Å². The summed E-state index contributed by atoms with van der Waals surface area (Å²) in [6.07, 6.45) is 0. The van der Waals surface area contributed by atoms with E-state index in [0.717, 1.165) is 5.69 Å². The Balaban J connectivity index is 2.41. The molecule has 0 fully saturated rings. The van der Waals surface area contributed by atoms with Gasteiger partial charge in [-0.25, -0.2) is 0 Å². The Morgan fingerprint density at radius 2 is 1.18 bits per heavy atom. The van der Waals surface area contributed by atoms with Crippen LogP contribution in [0, 0.1) is 0 Å². The summed E-state index contributed by atoms with van der Waals surface area (Å²) in [5.74, 6) is 0. The molecule has 0 aliphatic carbocycles. The predicted octanol–water partition coefficient (Wildman–Crippen LogP) is 4.22. The maximum atomic E-state index is 5.70. The molecule has 0 aromatic heterocycles. The van der Waals surface area contributed by atoms with Gasteiger partial charge in [-0.15, -0.1) is 0 Å². The van der Waals surface area contributed by atoms with Crippen LogP contribution in [-0.4, -0.2) is 0 Å². The van der Waals surface area contributed by atoms with Crippen molar-refractivity contribution in [2.75, 3.05) is 5.73 Å². The number of rotatable bonds is 2. The van der Waals surface area contributed by atoms with E-state index in [-0.39, 0.29) is 0 Å². The smallest absolute Gasteiger partial charge is 0.0314 e. The summed E-state index contributed by atoms with van der Waals surface area (Å²) in [7, 11) is 0. The van der Waals surface area contributed by atoms with E-state index in [1.807, 2.05) is 18.2 Å². The molecule has 0 spiro atoms. The predicted molar refractivity (Wildman–Crippen MR) is 75.5 cm³/mol. The van der Waals surface area contributed by atoms with Crippen LogP contribution < -0.4 is 5.73 Å². The van der Waals surface area contributed by atoms with Crippen LogP contribution in [0.1, 0.15) is 25.0 Å². The molecule has 0 atom stereocenters. The summed E-state index contributed by atoms with van der Waals surface area (Å²) >= 11 is 0. The molecule has 0 aliphatic rings. The van der Waals surface area contributed by atoms with E-state index in [1.54, 1.807) is 0 Å². The van der Waals surface area contributed by atoms with Crippen LogP contribution in [0.5, 0.6) is 0 Å². The minimum absolute atomic E-state index is 0.805. The third-order valence-electron chi connectivity index (χ3n) is 3.11. The second-order valence-electron chi connectivity index (χ2n) is 4.24. The number of allylic oxidation sites excluding steroid dienone is 2. The summed E-state index contributed by atoms with van der Waals surface area (Å²) in [5.41, 5.74) is 11.6. The zero-order valence-corrected chi connectivity index (χ0v) is 10.3. The Bertz CT molecular complexity index is 521. The highest BCUT2D eigenvalue weighted by Crippen LogP contribution is 2.25. The SMILES string of the molecule is CC(=C(C)c1ccc(N)cc1)c1ccccc1. The Hall–Kier alpha value is -2.02. The van der Waals surface area contributed by atoms with Gasteiger partial charge >= 0.3 is 0 Å². The first-order valence-electron chi connectivity index (χ1n) is 5.77. The largest absolute Gasteiger partial charge is 0.399 e. The molecule has 0 unspecified atom stereocenters. The lowest BCUT2D eigenvalue weighted by Crippen LogP contribution is -1.88. The van der Waals surface area contributed by atoms with Crippen molar-refractivity contribution < 1.29 is 0 Å². The molecule has 2 N–H and O–H groups in total. The van der Waals surface area contributed by atoms with Gasteiger partial charge in [0.15, 0.2) is 0 Å². The highest BCUT2D eigenvalue weighted by molar-refractivity contribution is 5.88. The van der Waals surface area contributed by atoms with E-state index in [0.29, 0.717) is 0 Å². The first kappa shape index (κ1) is 11.5. The lowest BCUT2D eigenvalue weighted by Gasteiger charge is -2.08. The lowest BCUT2D eigenvalue weighted by atomic mass is 9.97. The van der Waals surface area contributed by atoms with E-state index in [4.69, 9.17) is 5.73 Å². The van der Waals surface area contributed by atoms with E-state index in [2.05, 4.69) is 50.2 Å². The van der Waals surface area contributed by atoms with Gasteiger partial charge in [-0.3, -0.25) is 0 Å². The molecule has 0 heterocycles. The normalized spacial score (nSPS) is 12.1. The molecular weight excluding hydrogens is 206 g/mol. The summed E-state index contributed by atoms with van der Waals surface area (Å²) in [4.78, 5) is 0. The molecule has 2 aromatic carbocycles. The molecule has 1 nitrogen and oxygen atoms in total. The number of hydrogen-bond acceptors (Lipinski definition) is 1. The van der Waals surface area contributed by atoms with Crippen LogP contribution in [0.15, 0.2) is 54.6 Å². The van der Waals surface area contributed by atoms with E-state index < -0.39 is 0 Å². The standard InChI is InChI=1S/C16H17N/c1-12(14-6-4-3-5-7-14)13(2)15-8-10-16(17)11-9-15/h3-11H,17H2,1-2H3. The first-order valence-corrected chi connectivity index (χ1v) is 5.77. The molecule has 1 heteroatoms. The van der Waals surface area contributed by atoms with Crippen LogP contribution in [0.3, 0.4) is 0 Å². The lowest BCUT2D eigenvalue weighted by molar-refractivity contribution is 1.51. The molecule has 2 rings (SSSR count). The fourth-order valence-electron chi connectivity index (χ4n) is 1.85.